The summed E-state index contributed by atoms with van der Waals surface area (Å²) in [6, 6.07) is 21.3. The monoisotopic (exact) mass is 488 g/mol. The van der Waals surface area contributed by atoms with Crippen molar-refractivity contribution in [3.05, 3.63) is 83.4 Å². The van der Waals surface area contributed by atoms with Crippen LogP contribution in [0.25, 0.3) is 11.1 Å². The van der Waals surface area contributed by atoms with Crippen molar-refractivity contribution in [3.63, 3.8) is 0 Å². The van der Waals surface area contributed by atoms with Crippen molar-refractivity contribution >= 4 is 11.8 Å². The maximum absolute atomic E-state index is 12.9. The van der Waals surface area contributed by atoms with Crippen LogP contribution < -0.4 is 15.0 Å². The van der Waals surface area contributed by atoms with Crippen LogP contribution in [-0.4, -0.2) is 37.5 Å². The molecule has 0 radical (unpaired) electrons. The van der Waals surface area contributed by atoms with Crippen molar-refractivity contribution in [3.8, 4) is 22.6 Å². The fourth-order valence-electron chi connectivity index (χ4n) is 4.36. The zero-order valence-electron chi connectivity index (χ0n) is 20.8. The van der Waals surface area contributed by atoms with Crippen LogP contribution in [0.1, 0.15) is 47.2 Å². The van der Waals surface area contributed by atoms with E-state index in [4.69, 9.17) is 14.3 Å². The molecule has 2 amide bonds. The van der Waals surface area contributed by atoms with Crippen molar-refractivity contribution in [1.82, 2.24) is 10.4 Å². The lowest BCUT2D eigenvalue weighted by atomic mass is 9.99. The highest BCUT2D eigenvalue weighted by atomic mass is 16.6. The summed E-state index contributed by atoms with van der Waals surface area (Å²) >= 11 is 0. The molecule has 4 rings (SSSR count). The summed E-state index contributed by atoms with van der Waals surface area (Å²) in [5.74, 6) is 1.39. The molecule has 0 unspecified atom stereocenters. The number of ether oxygens (including phenoxy) is 2. The van der Waals surface area contributed by atoms with Gasteiger partial charge in [-0.05, 0) is 53.8 Å². The molecular weight excluding hydrogens is 456 g/mol. The zero-order chi connectivity index (χ0) is 25.3. The number of carbonyl (C=O) groups excluding carboxylic acids is 2. The number of nitrogens with zero attached hydrogens (tertiary/aromatic N) is 1. The summed E-state index contributed by atoms with van der Waals surface area (Å²) in [4.78, 5) is 32.0. The zero-order valence-corrected chi connectivity index (χ0v) is 20.8. The Morgan fingerprint density at radius 3 is 2.50 bits per heavy atom. The molecule has 188 valence electrons. The Bertz CT molecular complexity index is 1200. The SMILES string of the molecule is COc1ccc(-c2ccc3c(c2)CN(CCCCCC(=O)NOCc2ccccc2)C3=O)c(OC)c1. The minimum absolute atomic E-state index is 0.0605. The Labute approximate surface area is 211 Å². The number of rotatable bonds is 12. The van der Waals surface area contributed by atoms with Gasteiger partial charge in [0.2, 0.25) is 5.91 Å². The van der Waals surface area contributed by atoms with Gasteiger partial charge < -0.3 is 14.4 Å². The summed E-state index contributed by atoms with van der Waals surface area (Å²) in [6.07, 6.45) is 2.85. The molecule has 0 atom stereocenters. The first-order valence-corrected chi connectivity index (χ1v) is 12.2. The standard InChI is InChI=1S/C29H32N2O5/c1-34-24-13-15-25(27(18-24)35-2)22-12-14-26-23(17-22)19-31(29(26)33)16-8-4-7-11-28(32)30-36-20-21-9-5-3-6-10-21/h3,5-6,9-10,12-15,17-18H,4,7-8,11,16,19-20H2,1-2H3,(H,30,32). The number of amides is 2. The topological polar surface area (TPSA) is 77.1 Å². The molecule has 1 aliphatic heterocycles. The second-order valence-electron chi connectivity index (χ2n) is 8.78. The minimum Gasteiger partial charge on any atom is -0.497 e. The number of hydrogen-bond donors (Lipinski definition) is 1. The number of unbranched alkanes of at least 4 members (excludes halogenated alkanes) is 2. The number of hydrogen-bond acceptors (Lipinski definition) is 5. The van der Waals surface area contributed by atoms with Gasteiger partial charge in [-0.1, -0.05) is 42.8 Å². The van der Waals surface area contributed by atoms with Crippen molar-refractivity contribution in [1.29, 1.82) is 0 Å². The maximum Gasteiger partial charge on any atom is 0.254 e. The van der Waals surface area contributed by atoms with E-state index in [0.29, 0.717) is 26.1 Å². The van der Waals surface area contributed by atoms with Crippen molar-refractivity contribution in [2.75, 3.05) is 20.8 Å². The van der Waals surface area contributed by atoms with Gasteiger partial charge in [0.25, 0.3) is 5.91 Å². The van der Waals surface area contributed by atoms with Gasteiger partial charge in [-0.3, -0.25) is 14.4 Å². The Morgan fingerprint density at radius 2 is 1.72 bits per heavy atom. The average molecular weight is 489 g/mol. The third-order valence-electron chi connectivity index (χ3n) is 6.30. The normalized spacial score (nSPS) is 12.4. The van der Waals surface area contributed by atoms with E-state index >= 15 is 0 Å². The second kappa shape index (κ2) is 12.2. The van der Waals surface area contributed by atoms with Gasteiger partial charge in [0.1, 0.15) is 11.5 Å². The Balaban J connectivity index is 1.22. The predicted octanol–water partition coefficient (Wildman–Crippen LogP) is 5.14. The van der Waals surface area contributed by atoms with Crippen LogP contribution in [0.5, 0.6) is 11.5 Å². The molecule has 1 heterocycles. The average Bonchev–Trinajstić information content (AvgIpc) is 3.23. The molecule has 0 aromatic heterocycles. The van der Waals surface area contributed by atoms with E-state index in [1.165, 1.54) is 0 Å². The Kier molecular flexibility index (Phi) is 8.57. The van der Waals surface area contributed by atoms with Gasteiger partial charge in [0, 0.05) is 36.7 Å². The van der Waals surface area contributed by atoms with Gasteiger partial charge in [0.05, 0.1) is 20.8 Å². The first kappa shape index (κ1) is 25.3. The number of fused-ring (bicyclic) bond motifs is 1. The molecule has 3 aromatic rings. The third-order valence-corrected chi connectivity index (χ3v) is 6.30. The summed E-state index contributed by atoms with van der Waals surface area (Å²) in [5, 5.41) is 0. The van der Waals surface area contributed by atoms with Crippen LogP contribution in [0.3, 0.4) is 0 Å². The molecule has 0 aliphatic carbocycles. The van der Waals surface area contributed by atoms with Gasteiger partial charge in [0.15, 0.2) is 0 Å². The molecule has 0 spiro atoms. The van der Waals surface area contributed by atoms with Crippen molar-refractivity contribution in [2.24, 2.45) is 0 Å². The number of hydroxylamine groups is 1. The van der Waals surface area contributed by atoms with E-state index in [1.807, 2.05) is 65.6 Å². The molecular formula is C29H32N2O5. The molecule has 36 heavy (non-hydrogen) atoms. The van der Waals surface area contributed by atoms with E-state index in [2.05, 4.69) is 11.5 Å². The summed E-state index contributed by atoms with van der Waals surface area (Å²) in [5.41, 5.74) is 7.23. The largest absolute Gasteiger partial charge is 0.497 e. The van der Waals surface area contributed by atoms with Crippen LogP contribution in [0.2, 0.25) is 0 Å². The summed E-state index contributed by atoms with van der Waals surface area (Å²) < 4.78 is 10.8. The lowest BCUT2D eigenvalue weighted by molar-refractivity contribution is -0.134. The fraction of sp³-hybridized carbons (Fsp3) is 0.310. The molecule has 0 saturated heterocycles. The van der Waals surface area contributed by atoms with Gasteiger partial charge in [-0.2, -0.15) is 0 Å². The van der Waals surface area contributed by atoms with Crippen LogP contribution >= 0.6 is 0 Å². The Morgan fingerprint density at radius 1 is 0.917 bits per heavy atom. The molecule has 7 heteroatoms. The molecule has 1 N–H and O–H groups in total. The van der Waals surface area contributed by atoms with Gasteiger partial charge in [-0.15, -0.1) is 0 Å². The molecule has 3 aromatic carbocycles. The number of benzene rings is 3. The van der Waals surface area contributed by atoms with E-state index in [-0.39, 0.29) is 11.8 Å². The summed E-state index contributed by atoms with van der Waals surface area (Å²) in [6.45, 7) is 1.60. The lowest BCUT2D eigenvalue weighted by Gasteiger charge is -2.15. The van der Waals surface area contributed by atoms with E-state index in [0.717, 1.165) is 58.6 Å². The Hall–Kier alpha value is -3.84. The number of carbonyl (C=O) groups is 2. The van der Waals surface area contributed by atoms with Crippen LogP contribution in [-0.2, 0) is 22.8 Å². The minimum atomic E-state index is -0.128. The lowest BCUT2D eigenvalue weighted by Crippen LogP contribution is -2.25. The first-order valence-electron chi connectivity index (χ1n) is 12.2. The maximum atomic E-state index is 12.9. The van der Waals surface area contributed by atoms with E-state index in [1.54, 1.807) is 14.2 Å². The highest BCUT2D eigenvalue weighted by molar-refractivity contribution is 5.99. The van der Waals surface area contributed by atoms with Crippen LogP contribution in [0, 0.1) is 0 Å². The smallest absolute Gasteiger partial charge is 0.254 e. The molecule has 0 fully saturated rings. The fourth-order valence-corrected chi connectivity index (χ4v) is 4.36. The predicted molar refractivity (Wildman–Crippen MR) is 138 cm³/mol. The number of nitrogens with one attached hydrogen (secondary N) is 1. The highest BCUT2D eigenvalue weighted by Crippen LogP contribution is 2.35. The first-order chi connectivity index (χ1) is 17.6. The van der Waals surface area contributed by atoms with Crippen molar-refractivity contribution < 1.29 is 23.9 Å². The van der Waals surface area contributed by atoms with Crippen molar-refractivity contribution in [2.45, 2.75) is 38.8 Å². The molecule has 1 aliphatic rings. The van der Waals surface area contributed by atoms with Gasteiger partial charge >= 0.3 is 0 Å². The van der Waals surface area contributed by atoms with E-state index in [9.17, 15) is 9.59 Å². The molecule has 7 nitrogen and oxygen atoms in total. The quantitative estimate of drug-likeness (QED) is 0.282. The number of methoxy groups -OCH3 is 2. The summed E-state index contributed by atoms with van der Waals surface area (Å²) in [7, 11) is 3.26. The third kappa shape index (κ3) is 6.23. The highest BCUT2D eigenvalue weighted by Gasteiger charge is 2.27. The van der Waals surface area contributed by atoms with Crippen LogP contribution in [0.4, 0.5) is 0 Å². The van der Waals surface area contributed by atoms with E-state index < -0.39 is 0 Å². The van der Waals surface area contributed by atoms with Gasteiger partial charge in [-0.25, -0.2) is 5.48 Å². The van der Waals surface area contributed by atoms with Crippen LogP contribution in [0.15, 0.2) is 66.7 Å². The second-order valence-corrected chi connectivity index (χ2v) is 8.78. The molecule has 0 bridgehead atoms. The molecule has 0 saturated carbocycles.